The lowest BCUT2D eigenvalue weighted by molar-refractivity contribution is 0.309. The molecule has 2 aromatic rings. The monoisotopic (exact) mass is 257 g/mol. The molecule has 0 N–H and O–H groups in total. The number of hydrogen-bond donors (Lipinski definition) is 0. The predicted octanol–water partition coefficient (Wildman–Crippen LogP) is 3.82. The zero-order chi connectivity index (χ0) is 11.5. The van der Waals surface area contributed by atoms with Gasteiger partial charge in [-0.05, 0) is 30.7 Å². The van der Waals surface area contributed by atoms with Crippen LogP contribution in [0, 0.1) is 12.7 Å². The Bertz CT molecular complexity index is 500. The summed E-state index contributed by atoms with van der Waals surface area (Å²) in [5.41, 5.74) is 0.569. The average molecular weight is 258 g/mol. The quantitative estimate of drug-likeness (QED) is 0.834. The van der Waals surface area contributed by atoms with Crippen LogP contribution < -0.4 is 4.74 Å². The van der Waals surface area contributed by atoms with Crippen LogP contribution >= 0.6 is 22.9 Å². The number of ether oxygens (including phenoxy) is 1. The minimum absolute atomic E-state index is 0.229. The van der Waals surface area contributed by atoms with Gasteiger partial charge in [0.15, 0.2) is 4.47 Å². The molecule has 0 amide bonds. The van der Waals surface area contributed by atoms with Crippen LogP contribution in [0.15, 0.2) is 24.4 Å². The number of thiazole rings is 1. The standard InChI is InChI=1S/C11H9ClFNOS/c1-7-4-8(2-3-10(7)13)15-6-9-5-14-11(12)16-9/h2-5H,6H2,1H3. The van der Waals surface area contributed by atoms with E-state index < -0.39 is 0 Å². The van der Waals surface area contributed by atoms with Gasteiger partial charge in [-0.1, -0.05) is 11.6 Å². The van der Waals surface area contributed by atoms with Crippen molar-refractivity contribution in [1.29, 1.82) is 0 Å². The van der Waals surface area contributed by atoms with Gasteiger partial charge in [-0.2, -0.15) is 0 Å². The maximum absolute atomic E-state index is 13.0. The summed E-state index contributed by atoms with van der Waals surface area (Å²) in [4.78, 5) is 4.84. The van der Waals surface area contributed by atoms with Crippen LogP contribution in [0.25, 0.3) is 0 Å². The van der Waals surface area contributed by atoms with Crippen LogP contribution in [0.5, 0.6) is 5.75 Å². The van der Waals surface area contributed by atoms with E-state index in [4.69, 9.17) is 16.3 Å². The Labute approximate surface area is 102 Å². The summed E-state index contributed by atoms with van der Waals surface area (Å²) in [5, 5.41) is 0. The number of nitrogens with zero attached hydrogens (tertiary/aromatic N) is 1. The molecule has 0 saturated carbocycles. The molecule has 1 heterocycles. The van der Waals surface area contributed by atoms with Crippen molar-refractivity contribution in [3.8, 4) is 5.75 Å². The Morgan fingerprint density at radius 3 is 2.94 bits per heavy atom. The number of halogens is 2. The molecule has 0 fully saturated rings. The molecule has 2 nitrogen and oxygen atoms in total. The Balaban J connectivity index is 2.02. The van der Waals surface area contributed by atoms with E-state index >= 15 is 0 Å². The fourth-order valence-electron chi connectivity index (χ4n) is 1.21. The third kappa shape index (κ3) is 2.71. The summed E-state index contributed by atoms with van der Waals surface area (Å²) in [5.74, 6) is 0.414. The summed E-state index contributed by atoms with van der Waals surface area (Å²) in [6, 6.07) is 4.66. The fraction of sp³-hybridized carbons (Fsp3) is 0.182. The summed E-state index contributed by atoms with van der Waals surface area (Å²) in [6.07, 6.45) is 1.67. The second kappa shape index (κ2) is 4.80. The SMILES string of the molecule is Cc1cc(OCc2cnc(Cl)s2)ccc1F. The first-order valence-electron chi connectivity index (χ1n) is 4.64. The third-order valence-corrected chi connectivity index (χ3v) is 3.12. The highest BCUT2D eigenvalue weighted by molar-refractivity contribution is 7.15. The van der Waals surface area contributed by atoms with Gasteiger partial charge in [-0.15, -0.1) is 11.3 Å². The maximum atomic E-state index is 13.0. The molecule has 0 radical (unpaired) electrons. The molecule has 2 rings (SSSR count). The molecular formula is C11H9ClFNOS. The highest BCUT2D eigenvalue weighted by atomic mass is 35.5. The summed E-state index contributed by atoms with van der Waals surface area (Å²) in [7, 11) is 0. The lowest BCUT2D eigenvalue weighted by atomic mass is 10.2. The van der Waals surface area contributed by atoms with Gasteiger partial charge in [0.1, 0.15) is 18.2 Å². The zero-order valence-electron chi connectivity index (χ0n) is 8.54. The van der Waals surface area contributed by atoms with Crippen molar-refractivity contribution in [1.82, 2.24) is 4.98 Å². The van der Waals surface area contributed by atoms with Crippen LogP contribution in [0.2, 0.25) is 4.47 Å². The van der Waals surface area contributed by atoms with Gasteiger partial charge in [0, 0.05) is 6.20 Å². The van der Waals surface area contributed by atoms with Crippen molar-refractivity contribution in [2.75, 3.05) is 0 Å². The third-order valence-electron chi connectivity index (χ3n) is 2.04. The maximum Gasteiger partial charge on any atom is 0.183 e. The van der Waals surface area contributed by atoms with E-state index in [1.165, 1.54) is 17.4 Å². The molecule has 1 aromatic carbocycles. The van der Waals surface area contributed by atoms with E-state index in [9.17, 15) is 4.39 Å². The number of aromatic nitrogens is 1. The Morgan fingerprint density at radius 1 is 1.50 bits per heavy atom. The largest absolute Gasteiger partial charge is 0.488 e. The molecule has 1 aromatic heterocycles. The van der Waals surface area contributed by atoms with E-state index in [2.05, 4.69) is 4.98 Å². The topological polar surface area (TPSA) is 22.1 Å². The summed E-state index contributed by atoms with van der Waals surface area (Å²) in [6.45, 7) is 2.10. The molecule has 84 valence electrons. The van der Waals surface area contributed by atoms with Gasteiger partial charge in [0.25, 0.3) is 0 Å². The van der Waals surface area contributed by atoms with Crippen LogP contribution in [-0.2, 0) is 6.61 Å². The molecule has 5 heteroatoms. The van der Waals surface area contributed by atoms with Crippen LogP contribution in [-0.4, -0.2) is 4.98 Å². The molecule has 0 aliphatic carbocycles. The summed E-state index contributed by atoms with van der Waals surface area (Å²) < 4.78 is 19.0. The van der Waals surface area contributed by atoms with Crippen LogP contribution in [0.3, 0.4) is 0 Å². The van der Waals surface area contributed by atoms with Crippen LogP contribution in [0.4, 0.5) is 4.39 Å². The van der Waals surface area contributed by atoms with Crippen LogP contribution in [0.1, 0.15) is 10.4 Å². The Hall–Kier alpha value is -1.13. The molecular weight excluding hydrogens is 249 g/mol. The molecule has 0 saturated heterocycles. The van der Waals surface area contributed by atoms with Crippen molar-refractivity contribution in [2.45, 2.75) is 13.5 Å². The lowest BCUT2D eigenvalue weighted by Crippen LogP contribution is -1.94. The molecule has 0 unspecified atom stereocenters. The first-order chi connectivity index (χ1) is 7.65. The Morgan fingerprint density at radius 2 is 2.31 bits per heavy atom. The van der Waals surface area contributed by atoms with Crippen molar-refractivity contribution in [3.05, 3.63) is 45.1 Å². The highest BCUT2D eigenvalue weighted by Gasteiger charge is 2.02. The van der Waals surface area contributed by atoms with Gasteiger partial charge in [0.2, 0.25) is 0 Å². The van der Waals surface area contributed by atoms with E-state index in [0.717, 1.165) is 4.88 Å². The molecule has 0 bridgehead atoms. The van der Waals surface area contributed by atoms with Gasteiger partial charge >= 0.3 is 0 Å². The number of benzene rings is 1. The minimum atomic E-state index is -0.229. The van der Waals surface area contributed by atoms with Gasteiger partial charge < -0.3 is 4.74 Å². The number of aryl methyl sites for hydroxylation is 1. The average Bonchev–Trinajstić information content (AvgIpc) is 2.66. The smallest absolute Gasteiger partial charge is 0.183 e. The van der Waals surface area contributed by atoms with Gasteiger partial charge in [-0.25, -0.2) is 9.37 Å². The van der Waals surface area contributed by atoms with E-state index in [1.54, 1.807) is 25.3 Å². The van der Waals surface area contributed by atoms with E-state index in [-0.39, 0.29) is 5.82 Å². The molecule has 0 aliphatic rings. The highest BCUT2D eigenvalue weighted by Crippen LogP contribution is 2.21. The zero-order valence-corrected chi connectivity index (χ0v) is 10.1. The van der Waals surface area contributed by atoms with Gasteiger partial charge in [-0.3, -0.25) is 0 Å². The number of hydrogen-bond acceptors (Lipinski definition) is 3. The minimum Gasteiger partial charge on any atom is -0.488 e. The number of rotatable bonds is 3. The predicted molar refractivity (Wildman–Crippen MR) is 62.6 cm³/mol. The first kappa shape index (κ1) is 11.4. The van der Waals surface area contributed by atoms with E-state index in [0.29, 0.717) is 22.4 Å². The van der Waals surface area contributed by atoms with E-state index in [1.807, 2.05) is 0 Å². The molecule has 0 aliphatic heterocycles. The second-order valence-electron chi connectivity index (χ2n) is 3.28. The molecule has 0 spiro atoms. The van der Waals surface area contributed by atoms with Crippen molar-refractivity contribution >= 4 is 22.9 Å². The van der Waals surface area contributed by atoms with Crippen molar-refractivity contribution in [3.63, 3.8) is 0 Å². The Kier molecular flexibility index (Phi) is 3.41. The second-order valence-corrected chi connectivity index (χ2v) is 4.98. The molecule has 0 atom stereocenters. The first-order valence-corrected chi connectivity index (χ1v) is 5.84. The normalized spacial score (nSPS) is 10.4. The van der Waals surface area contributed by atoms with Gasteiger partial charge in [0.05, 0.1) is 4.88 Å². The molecule has 16 heavy (non-hydrogen) atoms. The van der Waals surface area contributed by atoms with Crippen molar-refractivity contribution in [2.24, 2.45) is 0 Å². The lowest BCUT2D eigenvalue weighted by Gasteiger charge is -2.05. The summed E-state index contributed by atoms with van der Waals surface area (Å²) >= 11 is 7.06. The fourth-order valence-corrected chi connectivity index (χ4v) is 2.10. The van der Waals surface area contributed by atoms with Crippen molar-refractivity contribution < 1.29 is 9.13 Å².